The van der Waals surface area contributed by atoms with Crippen molar-refractivity contribution in [2.75, 3.05) is 52.5 Å². The molecule has 8 heteroatoms. The maximum absolute atomic E-state index is 12.9. The second kappa shape index (κ2) is 9.25. The van der Waals surface area contributed by atoms with Crippen LogP contribution in [0.25, 0.3) is 0 Å². The number of ether oxygens (including phenoxy) is 1. The number of carbonyl (C=O) groups excluding carboxylic acids is 1. The topological polar surface area (TPSA) is 82.1 Å². The van der Waals surface area contributed by atoms with E-state index in [9.17, 15) is 14.0 Å². The van der Waals surface area contributed by atoms with Gasteiger partial charge in [0.05, 0.1) is 26.3 Å². The Labute approximate surface area is 158 Å². The first-order chi connectivity index (χ1) is 13.0. The molecule has 7 nitrogen and oxygen atoms in total. The molecular formula is C19H26FN3O4. The average molecular weight is 379 g/mol. The third kappa shape index (κ3) is 5.98. The minimum absolute atomic E-state index is 0.0136. The Hall–Kier alpha value is -2.03. The van der Waals surface area contributed by atoms with E-state index in [-0.39, 0.29) is 36.8 Å². The summed E-state index contributed by atoms with van der Waals surface area (Å²) < 4.78 is 18.6. The van der Waals surface area contributed by atoms with Gasteiger partial charge >= 0.3 is 5.97 Å². The first kappa shape index (κ1) is 19.7. The first-order valence-corrected chi connectivity index (χ1v) is 9.26. The molecule has 2 saturated heterocycles. The summed E-state index contributed by atoms with van der Waals surface area (Å²) >= 11 is 0. The van der Waals surface area contributed by atoms with Crippen molar-refractivity contribution in [3.63, 3.8) is 0 Å². The van der Waals surface area contributed by atoms with Crippen molar-refractivity contribution in [3.8, 4) is 0 Å². The Bertz CT molecular complexity index is 655. The molecule has 2 atom stereocenters. The van der Waals surface area contributed by atoms with E-state index in [0.717, 1.165) is 12.1 Å². The number of aliphatic carboxylic acids is 1. The molecular weight excluding hydrogens is 353 g/mol. The Morgan fingerprint density at radius 2 is 1.93 bits per heavy atom. The van der Waals surface area contributed by atoms with Crippen LogP contribution in [0, 0.1) is 11.7 Å². The third-order valence-corrected chi connectivity index (χ3v) is 5.01. The van der Waals surface area contributed by atoms with E-state index in [1.54, 1.807) is 12.1 Å². The molecule has 1 amide bonds. The van der Waals surface area contributed by atoms with Gasteiger partial charge in [-0.15, -0.1) is 0 Å². The highest BCUT2D eigenvalue weighted by Crippen LogP contribution is 2.19. The molecule has 1 aromatic carbocycles. The number of hydrogen-bond acceptors (Lipinski definition) is 5. The molecule has 0 aliphatic carbocycles. The third-order valence-electron chi connectivity index (χ3n) is 5.01. The predicted molar refractivity (Wildman–Crippen MR) is 96.9 cm³/mol. The van der Waals surface area contributed by atoms with Gasteiger partial charge in [-0.2, -0.15) is 0 Å². The fourth-order valence-corrected chi connectivity index (χ4v) is 3.78. The van der Waals surface area contributed by atoms with Crippen molar-refractivity contribution in [2.24, 2.45) is 5.92 Å². The van der Waals surface area contributed by atoms with Crippen LogP contribution in [0.1, 0.15) is 5.56 Å². The summed E-state index contributed by atoms with van der Waals surface area (Å²) in [6, 6.07) is 6.27. The summed E-state index contributed by atoms with van der Waals surface area (Å²) in [4.78, 5) is 27.4. The summed E-state index contributed by atoms with van der Waals surface area (Å²) in [5.74, 6) is -0.964. The van der Waals surface area contributed by atoms with Crippen molar-refractivity contribution in [1.82, 2.24) is 15.1 Å². The molecule has 2 heterocycles. The Morgan fingerprint density at radius 3 is 2.67 bits per heavy atom. The summed E-state index contributed by atoms with van der Waals surface area (Å²) in [6.45, 7) is 3.88. The fraction of sp³-hybridized carbons (Fsp3) is 0.579. The predicted octanol–water partition coefficient (Wildman–Crippen LogP) is 0.202. The minimum Gasteiger partial charge on any atom is -0.480 e. The lowest BCUT2D eigenvalue weighted by Gasteiger charge is -2.30. The second-order valence-electron chi connectivity index (χ2n) is 7.30. The van der Waals surface area contributed by atoms with Gasteiger partial charge in [-0.05, 0) is 24.1 Å². The number of carbonyl (C=O) groups is 2. The van der Waals surface area contributed by atoms with E-state index >= 15 is 0 Å². The Kier molecular flexibility index (Phi) is 6.76. The van der Waals surface area contributed by atoms with E-state index < -0.39 is 5.97 Å². The summed E-state index contributed by atoms with van der Waals surface area (Å²) in [5.41, 5.74) is 0.972. The smallest absolute Gasteiger partial charge is 0.317 e. The van der Waals surface area contributed by atoms with Crippen LogP contribution < -0.4 is 5.32 Å². The van der Waals surface area contributed by atoms with Crippen LogP contribution in [0.2, 0.25) is 0 Å². The van der Waals surface area contributed by atoms with Gasteiger partial charge < -0.3 is 15.2 Å². The van der Waals surface area contributed by atoms with Crippen LogP contribution in [-0.2, 0) is 20.7 Å². The molecule has 1 aromatic rings. The quantitative estimate of drug-likeness (QED) is 0.705. The van der Waals surface area contributed by atoms with Gasteiger partial charge in [0.15, 0.2) is 0 Å². The van der Waals surface area contributed by atoms with Gasteiger partial charge in [0.1, 0.15) is 5.82 Å². The lowest BCUT2D eigenvalue weighted by Crippen LogP contribution is -2.48. The highest BCUT2D eigenvalue weighted by atomic mass is 19.1. The van der Waals surface area contributed by atoms with Crippen LogP contribution in [0.15, 0.2) is 24.3 Å². The molecule has 27 heavy (non-hydrogen) atoms. The van der Waals surface area contributed by atoms with Crippen molar-refractivity contribution in [3.05, 3.63) is 35.6 Å². The lowest BCUT2D eigenvalue weighted by atomic mass is 10.1. The average Bonchev–Trinajstić information content (AvgIpc) is 2.86. The molecule has 2 bridgehead atoms. The number of rotatable bonds is 7. The monoisotopic (exact) mass is 379 g/mol. The molecule has 2 aliphatic heterocycles. The molecule has 3 rings (SSSR count). The Balaban J connectivity index is 1.49. The molecule has 2 N–H and O–H groups in total. The molecule has 148 valence electrons. The fourth-order valence-electron chi connectivity index (χ4n) is 3.78. The number of benzene rings is 1. The van der Waals surface area contributed by atoms with Crippen LogP contribution in [0.3, 0.4) is 0 Å². The standard InChI is InChI=1S/C19H26FN3O4/c20-16-3-1-14(2-4-16)5-6-21-18(24)10-23-8-15-7-22(11-19(25)26)9-17(23)13-27-12-15/h1-4,15,17H,5-13H2,(H,21,24)(H,25,26)/t15-,17-/m0/s1. The van der Waals surface area contributed by atoms with Crippen molar-refractivity contribution in [1.29, 1.82) is 0 Å². The zero-order chi connectivity index (χ0) is 19.2. The Morgan fingerprint density at radius 1 is 1.15 bits per heavy atom. The van der Waals surface area contributed by atoms with Crippen molar-refractivity contribution >= 4 is 11.9 Å². The largest absolute Gasteiger partial charge is 0.480 e. The van der Waals surface area contributed by atoms with E-state index in [4.69, 9.17) is 9.84 Å². The van der Waals surface area contributed by atoms with Gasteiger partial charge in [0, 0.05) is 38.1 Å². The number of amides is 1. The number of fused-ring (bicyclic) bond motifs is 3. The highest BCUT2D eigenvalue weighted by Gasteiger charge is 2.34. The van der Waals surface area contributed by atoms with Crippen LogP contribution in [0.4, 0.5) is 4.39 Å². The highest BCUT2D eigenvalue weighted by molar-refractivity contribution is 5.78. The summed E-state index contributed by atoms with van der Waals surface area (Å²) in [6.07, 6.45) is 0.646. The van der Waals surface area contributed by atoms with Gasteiger partial charge in [-0.1, -0.05) is 12.1 Å². The van der Waals surface area contributed by atoms with Gasteiger partial charge in [-0.3, -0.25) is 19.4 Å². The first-order valence-electron chi connectivity index (χ1n) is 9.26. The maximum atomic E-state index is 12.9. The minimum atomic E-state index is -0.832. The number of nitrogens with zero attached hydrogens (tertiary/aromatic N) is 2. The molecule has 2 fully saturated rings. The van der Waals surface area contributed by atoms with Gasteiger partial charge in [0.25, 0.3) is 0 Å². The molecule has 0 saturated carbocycles. The zero-order valence-electron chi connectivity index (χ0n) is 15.3. The molecule has 0 radical (unpaired) electrons. The van der Waals surface area contributed by atoms with E-state index in [0.29, 0.717) is 39.3 Å². The lowest BCUT2D eigenvalue weighted by molar-refractivity contribution is -0.138. The van der Waals surface area contributed by atoms with Crippen LogP contribution >= 0.6 is 0 Å². The molecule has 0 aromatic heterocycles. The van der Waals surface area contributed by atoms with Crippen molar-refractivity contribution in [2.45, 2.75) is 12.5 Å². The second-order valence-corrected chi connectivity index (χ2v) is 7.30. The van der Waals surface area contributed by atoms with Crippen LogP contribution in [0.5, 0.6) is 0 Å². The van der Waals surface area contributed by atoms with E-state index in [1.807, 2.05) is 4.90 Å². The number of carboxylic acids is 1. The number of carboxylic acid groups (broad SMARTS) is 1. The zero-order valence-corrected chi connectivity index (χ0v) is 15.3. The molecule has 2 aliphatic rings. The number of hydrogen-bond donors (Lipinski definition) is 2. The summed E-state index contributed by atoms with van der Waals surface area (Å²) in [7, 11) is 0. The van der Waals surface area contributed by atoms with E-state index in [1.165, 1.54) is 12.1 Å². The van der Waals surface area contributed by atoms with Crippen molar-refractivity contribution < 1.29 is 23.8 Å². The number of halogens is 1. The van der Waals surface area contributed by atoms with E-state index in [2.05, 4.69) is 10.2 Å². The SMILES string of the molecule is O=C(O)CN1C[C@@H]2COC[C@H](C1)N(CC(=O)NCCc1ccc(F)cc1)C2. The molecule has 0 unspecified atom stereocenters. The number of nitrogens with one attached hydrogen (secondary N) is 1. The molecule has 0 spiro atoms. The normalized spacial score (nSPS) is 23.6. The van der Waals surface area contributed by atoms with Gasteiger partial charge in [-0.25, -0.2) is 4.39 Å². The van der Waals surface area contributed by atoms with Crippen LogP contribution in [-0.4, -0.2) is 85.3 Å². The van der Waals surface area contributed by atoms with Gasteiger partial charge in [0.2, 0.25) is 5.91 Å². The summed E-state index contributed by atoms with van der Waals surface area (Å²) in [5, 5.41) is 12.0. The maximum Gasteiger partial charge on any atom is 0.317 e.